The molecular formula is C16H16N2O2. The normalized spacial score (nSPS) is 13.4. The molecule has 0 radical (unpaired) electrons. The average molecular weight is 268 g/mol. The van der Waals surface area contributed by atoms with Gasteiger partial charge in [0.15, 0.2) is 0 Å². The number of benzene rings is 1. The topological polar surface area (TPSA) is 53.4 Å². The Bertz CT molecular complexity index is 695. The van der Waals surface area contributed by atoms with Crippen LogP contribution < -0.4 is 4.90 Å². The van der Waals surface area contributed by atoms with Gasteiger partial charge in [0.2, 0.25) is 0 Å². The van der Waals surface area contributed by atoms with Crippen LogP contribution in [0, 0.1) is 13.8 Å². The Morgan fingerprint density at radius 3 is 2.80 bits per heavy atom. The second-order valence-corrected chi connectivity index (χ2v) is 5.11. The van der Waals surface area contributed by atoms with Crippen molar-refractivity contribution < 1.29 is 9.90 Å². The predicted molar refractivity (Wildman–Crippen MR) is 77.8 cm³/mol. The molecule has 1 aromatic heterocycles. The summed E-state index contributed by atoms with van der Waals surface area (Å²) < 4.78 is 0. The van der Waals surface area contributed by atoms with Gasteiger partial charge in [-0.1, -0.05) is 18.2 Å². The highest BCUT2D eigenvalue weighted by atomic mass is 16.4. The summed E-state index contributed by atoms with van der Waals surface area (Å²) in [5.74, 6) is -0.366. The minimum absolute atomic E-state index is 0.298. The lowest BCUT2D eigenvalue weighted by molar-refractivity contribution is 0.0696. The van der Waals surface area contributed by atoms with Crippen molar-refractivity contribution in [1.29, 1.82) is 0 Å². The quantitative estimate of drug-likeness (QED) is 0.909. The van der Waals surface area contributed by atoms with Crippen molar-refractivity contribution in [3.63, 3.8) is 0 Å². The van der Waals surface area contributed by atoms with Gasteiger partial charge in [0, 0.05) is 17.9 Å². The molecule has 1 aliphatic heterocycles. The molecule has 0 bridgehead atoms. The molecule has 0 spiro atoms. The third-order valence-corrected chi connectivity index (χ3v) is 3.68. The van der Waals surface area contributed by atoms with E-state index in [1.807, 2.05) is 43.0 Å². The Morgan fingerprint density at radius 1 is 1.30 bits per heavy atom. The van der Waals surface area contributed by atoms with Crippen molar-refractivity contribution >= 4 is 17.5 Å². The van der Waals surface area contributed by atoms with Crippen LogP contribution in [0.5, 0.6) is 0 Å². The number of pyridine rings is 1. The maximum Gasteiger partial charge on any atom is 0.339 e. The first-order valence-corrected chi connectivity index (χ1v) is 6.65. The van der Waals surface area contributed by atoms with Crippen LogP contribution in [0.15, 0.2) is 30.3 Å². The van der Waals surface area contributed by atoms with Crippen LogP contribution in [0.4, 0.5) is 11.5 Å². The molecule has 0 unspecified atom stereocenters. The van der Waals surface area contributed by atoms with Gasteiger partial charge < -0.3 is 10.0 Å². The molecule has 0 atom stereocenters. The van der Waals surface area contributed by atoms with Gasteiger partial charge in [-0.3, -0.25) is 0 Å². The number of aromatic nitrogens is 1. The number of rotatable bonds is 2. The van der Waals surface area contributed by atoms with E-state index in [0.29, 0.717) is 11.4 Å². The first-order chi connectivity index (χ1) is 9.58. The molecule has 0 fully saturated rings. The fourth-order valence-corrected chi connectivity index (χ4v) is 2.83. The zero-order chi connectivity index (χ0) is 14.3. The second-order valence-electron chi connectivity index (χ2n) is 5.11. The van der Waals surface area contributed by atoms with Crippen molar-refractivity contribution in [2.75, 3.05) is 11.4 Å². The smallest absolute Gasteiger partial charge is 0.339 e. The van der Waals surface area contributed by atoms with Crippen molar-refractivity contribution in [3.8, 4) is 0 Å². The lowest BCUT2D eigenvalue weighted by atomic mass is 10.1. The molecule has 1 aromatic carbocycles. The number of carboxylic acid groups (broad SMARTS) is 1. The van der Waals surface area contributed by atoms with E-state index in [9.17, 15) is 9.90 Å². The number of fused-ring (bicyclic) bond motifs is 1. The molecule has 4 heteroatoms. The van der Waals surface area contributed by atoms with Gasteiger partial charge in [-0.25, -0.2) is 9.78 Å². The molecule has 20 heavy (non-hydrogen) atoms. The molecule has 1 aliphatic rings. The van der Waals surface area contributed by atoms with E-state index in [1.54, 1.807) is 0 Å². The number of hydrogen-bond acceptors (Lipinski definition) is 3. The Balaban J connectivity index is 2.19. The minimum atomic E-state index is -0.922. The first-order valence-electron chi connectivity index (χ1n) is 6.65. The number of hydrogen-bond donors (Lipinski definition) is 1. The maximum absolute atomic E-state index is 11.6. The van der Waals surface area contributed by atoms with E-state index in [1.165, 1.54) is 5.56 Å². The van der Waals surface area contributed by atoms with E-state index < -0.39 is 5.97 Å². The van der Waals surface area contributed by atoms with Gasteiger partial charge in [-0.05, 0) is 43.5 Å². The fraction of sp³-hybridized carbons (Fsp3) is 0.250. The standard InChI is InChI=1S/C16H16N2O2/c1-10-9-11(2)17-15(14(10)16(19)20)18-8-7-12-5-3-4-6-13(12)18/h3-6,9H,7-8H2,1-2H3,(H,19,20). The van der Waals surface area contributed by atoms with Gasteiger partial charge >= 0.3 is 5.97 Å². The van der Waals surface area contributed by atoms with E-state index in [0.717, 1.165) is 29.9 Å². The zero-order valence-corrected chi connectivity index (χ0v) is 11.6. The highest BCUT2D eigenvalue weighted by Crippen LogP contribution is 2.36. The van der Waals surface area contributed by atoms with Crippen molar-refractivity contribution in [2.45, 2.75) is 20.3 Å². The van der Waals surface area contributed by atoms with Crippen LogP contribution in [-0.4, -0.2) is 22.6 Å². The van der Waals surface area contributed by atoms with E-state index in [2.05, 4.69) is 11.1 Å². The summed E-state index contributed by atoms with van der Waals surface area (Å²) >= 11 is 0. The predicted octanol–water partition coefficient (Wildman–Crippen LogP) is 3.09. The molecular weight excluding hydrogens is 252 g/mol. The molecule has 4 nitrogen and oxygen atoms in total. The van der Waals surface area contributed by atoms with E-state index in [-0.39, 0.29) is 0 Å². The molecule has 3 rings (SSSR count). The third kappa shape index (κ3) is 1.93. The van der Waals surface area contributed by atoms with Crippen molar-refractivity contribution in [2.24, 2.45) is 0 Å². The van der Waals surface area contributed by atoms with Gasteiger partial charge in [0.25, 0.3) is 0 Å². The number of carbonyl (C=O) groups is 1. The maximum atomic E-state index is 11.6. The summed E-state index contributed by atoms with van der Waals surface area (Å²) in [4.78, 5) is 18.0. The Morgan fingerprint density at radius 2 is 2.05 bits per heavy atom. The van der Waals surface area contributed by atoms with E-state index >= 15 is 0 Å². The Labute approximate surface area is 117 Å². The van der Waals surface area contributed by atoms with E-state index in [4.69, 9.17) is 0 Å². The minimum Gasteiger partial charge on any atom is -0.478 e. The van der Waals surface area contributed by atoms with Gasteiger partial charge in [0.1, 0.15) is 11.4 Å². The molecule has 102 valence electrons. The Hall–Kier alpha value is -2.36. The fourth-order valence-electron chi connectivity index (χ4n) is 2.83. The number of carboxylic acids is 1. The largest absolute Gasteiger partial charge is 0.478 e. The average Bonchev–Trinajstić information content (AvgIpc) is 2.80. The molecule has 2 aromatic rings. The SMILES string of the molecule is Cc1cc(C)c(C(=O)O)c(N2CCc3ccccc32)n1. The summed E-state index contributed by atoms with van der Waals surface area (Å²) in [6, 6.07) is 9.90. The summed E-state index contributed by atoms with van der Waals surface area (Å²) in [7, 11) is 0. The highest BCUT2D eigenvalue weighted by molar-refractivity contribution is 5.96. The summed E-state index contributed by atoms with van der Waals surface area (Å²) in [6.45, 7) is 4.49. The molecule has 0 amide bonds. The van der Waals surface area contributed by atoms with Crippen LogP contribution in [-0.2, 0) is 6.42 Å². The van der Waals surface area contributed by atoms with Crippen molar-refractivity contribution in [1.82, 2.24) is 4.98 Å². The Kier molecular flexibility index (Phi) is 2.93. The first kappa shape index (κ1) is 12.7. The van der Waals surface area contributed by atoms with Crippen LogP contribution in [0.2, 0.25) is 0 Å². The number of aryl methyl sites for hydroxylation is 2. The summed E-state index contributed by atoms with van der Waals surface area (Å²) in [5.41, 5.74) is 4.20. The highest BCUT2D eigenvalue weighted by Gasteiger charge is 2.26. The van der Waals surface area contributed by atoms with Crippen LogP contribution in [0.25, 0.3) is 0 Å². The van der Waals surface area contributed by atoms with Crippen molar-refractivity contribution in [3.05, 3.63) is 52.7 Å². The van der Waals surface area contributed by atoms with Crippen LogP contribution in [0.1, 0.15) is 27.2 Å². The molecule has 2 heterocycles. The lowest BCUT2D eigenvalue weighted by Gasteiger charge is -2.21. The van der Waals surface area contributed by atoms with Crippen LogP contribution >= 0.6 is 0 Å². The molecule has 0 saturated heterocycles. The molecule has 1 N–H and O–H groups in total. The summed E-state index contributed by atoms with van der Waals surface area (Å²) in [5, 5.41) is 9.48. The monoisotopic (exact) mass is 268 g/mol. The number of para-hydroxylation sites is 1. The number of aromatic carboxylic acids is 1. The summed E-state index contributed by atoms with van der Waals surface area (Å²) in [6.07, 6.45) is 0.921. The zero-order valence-electron chi connectivity index (χ0n) is 11.6. The molecule has 0 saturated carbocycles. The second kappa shape index (κ2) is 4.63. The van der Waals surface area contributed by atoms with Gasteiger partial charge in [-0.15, -0.1) is 0 Å². The lowest BCUT2D eigenvalue weighted by Crippen LogP contribution is -2.20. The third-order valence-electron chi connectivity index (χ3n) is 3.68. The number of anilines is 2. The van der Waals surface area contributed by atoms with Crippen LogP contribution in [0.3, 0.4) is 0 Å². The van der Waals surface area contributed by atoms with Gasteiger partial charge in [0.05, 0.1) is 0 Å². The van der Waals surface area contributed by atoms with Gasteiger partial charge in [-0.2, -0.15) is 0 Å². The molecule has 0 aliphatic carbocycles. The number of nitrogens with zero attached hydrogens (tertiary/aromatic N) is 2.